The SMILES string of the molecule is C[C@H]1[C@H](c2ccccc2)CN2C(=O)CC[C@]12O. The molecule has 0 spiro atoms. The summed E-state index contributed by atoms with van der Waals surface area (Å²) in [6, 6.07) is 10.2. The molecular formula is C14H17NO2. The molecule has 3 heteroatoms. The summed E-state index contributed by atoms with van der Waals surface area (Å²) in [4.78, 5) is 13.4. The van der Waals surface area contributed by atoms with Crippen molar-refractivity contribution in [3.63, 3.8) is 0 Å². The van der Waals surface area contributed by atoms with Gasteiger partial charge in [-0.15, -0.1) is 0 Å². The van der Waals surface area contributed by atoms with E-state index in [4.69, 9.17) is 0 Å². The monoisotopic (exact) mass is 231 g/mol. The average molecular weight is 231 g/mol. The van der Waals surface area contributed by atoms with Gasteiger partial charge in [0.2, 0.25) is 5.91 Å². The van der Waals surface area contributed by atoms with Crippen LogP contribution in [0.25, 0.3) is 0 Å². The zero-order chi connectivity index (χ0) is 12.0. The van der Waals surface area contributed by atoms with E-state index in [1.54, 1.807) is 4.90 Å². The van der Waals surface area contributed by atoms with E-state index >= 15 is 0 Å². The van der Waals surface area contributed by atoms with Gasteiger partial charge in [0.15, 0.2) is 0 Å². The van der Waals surface area contributed by atoms with Crippen LogP contribution >= 0.6 is 0 Å². The lowest BCUT2D eigenvalue weighted by Gasteiger charge is -2.30. The summed E-state index contributed by atoms with van der Waals surface area (Å²) in [6.45, 7) is 2.71. The number of carbonyl (C=O) groups excluding carboxylic acids is 1. The molecule has 17 heavy (non-hydrogen) atoms. The standard InChI is InChI=1S/C14H17NO2/c1-10-12(11-5-3-2-4-6-11)9-15-13(16)7-8-14(10,15)17/h2-6,10,12,17H,7-9H2,1H3/t10-,12+,14-/m0/s1. The largest absolute Gasteiger partial charge is 0.370 e. The predicted molar refractivity (Wildman–Crippen MR) is 64.2 cm³/mol. The van der Waals surface area contributed by atoms with Crippen molar-refractivity contribution >= 4 is 5.91 Å². The van der Waals surface area contributed by atoms with Crippen LogP contribution in [0.3, 0.4) is 0 Å². The molecule has 2 heterocycles. The van der Waals surface area contributed by atoms with Gasteiger partial charge in [0.25, 0.3) is 0 Å². The number of hydrogen-bond acceptors (Lipinski definition) is 2. The minimum atomic E-state index is -0.905. The van der Waals surface area contributed by atoms with E-state index in [0.717, 1.165) is 0 Å². The summed E-state index contributed by atoms with van der Waals surface area (Å²) in [5, 5.41) is 10.6. The number of hydrogen-bond donors (Lipinski definition) is 1. The van der Waals surface area contributed by atoms with Gasteiger partial charge in [-0.1, -0.05) is 37.3 Å². The van der Waals surface area contributed by atoms with E-state index in [2.05, 4.69) is 19.1 Å². The third-order valence-electron chi connectivity index (χ3n) is 4.42. The first-order valence-electron chi connectivity index (χ1n) is 6.21. The highest BCUT2D eigenvalue weighted by Gasteiger charge is 2.56. The van der Waals surface area contributed by atoms with E-state index < -0.39 is 5.72 Å². The van der Waals surface area contributed by atoms with Crippen LogP contribution in [0.4, 0.5) is 0 Å². The Labute approximate surface area is 101 Å². The van der Waals surface area contributed by atoms with Crippen LogP contribution in [0.2, 0.25) is 0 Å². The molecule has 1 amide bonds. The molecule has 1 aromatic carbocycles. The molecule has 0 aromatic heterocycles. The quantitative estimate of drug-likeness (QED) is 0.799. The van der Waals surface area contributed by atoms with Gasteiger partial charge >= 0.3 is 0 Å². The smallest absolute Gasteiger partial charge is 0.225 e. The summed E-state index contributed by atoms with van der Waals surface area (Å²) < 4.78 is 0. The molecule has 90 valence electrons. The third kappa shape index (κ3) is 1.42. The molecule has 0 bridgehead atoms. The molecule has 2 aliphatic rings. The van der Waals surface area contributed by atoms with E-state index in [0.29, 0.717) is 19.4 Å². The number of rotatable bonds is 1. The van der Waals surface area contributed by atoms with Crippen LogP contribution in [-0.4, -0.2) is 28.2 Å². The first kappa shape index (κ1) is 10.8. The van der Waals surface area contributed by atoms with E-state index in [1.165, 1.54) is 5.56 Å². The van der Waals surface area contributed by atoms with Crippen molar-refractivity contribution in [1.82, 2.24) is 4.90 Å². The Balaban J connectivity index is 1.94. The van der Waals surface area contributed by atoms with E-state index in [1.807, 2.05) is 18.2 Å². The number of fused-ring (bicyclic) bond motifs is 1. The van der Waals surface area contributed by atoms with Gasteiger partial charge in [0, 0.05) is 31.2 Å². The zero-order valence-electron chi connectivity index (χ0n) is 9.97. The van der Waals surface area contributed by atoms with Crippen molar-refractivity contribution in [3.05, 3.63) is 35.9 Å². The summed E-state index contributed by atoms with van der Waals surface area (Å²) in [6.07, 6.45) is 1.07. The molecule has 3 nitrogen and oxygen atoms in total. The second-order valence-corrected chi connectivity index (χ2v) is 5.19. The maximum absolute atomic E-state index is 11.7. The molecule has 2 fully saturated rings. The molecule has 1 aromatic rings. The summed E-state index contributed by atoms with van der Waals surface area (Å²) in [5.41, 5.74) is 0.313. The normalized spacial score (nSPS) is 36.4. The van der Waals surface area contributed by atoms with E-state index in [-0.39, 0.29) is 17.7 Å². The van der Waals surface area contributed by atoms with Gasteiger partial charge in [-0.3, -0.25) is 4.79 Å². The van der Waals surface area contributed by atoms with Crippen LogP contribution in [-0.2, 0) is 4.79 Å². The Kier molecular flexibility index (Phi) is 2.26. The molecule has 0 saturated carbocycles. The van der Waals surface area contributed by atoms with Crippen molar-refractivity contribution in [2.75, 3.05) is 6.54 Å². The topological polar surface area (TPSA) is 40.5 Å². The lowest BCUT2D eigenvalue weighted by atomic mass is 9.83. The van der Waals surface area contributed by atoms with Crippen molar-refractivity contribution in [3.8, 4) is 0 Å². The molecule has 3 atom stereocenters. The van der Waals surface area contributed by atoms with Crippen LogP contribution in [0, 0.1) is 5.92 Å². The number of nitrogens with zero attached hydrogens (tertiary/aromatic N) is 1. The number of benzene rings is 1. The van der Waals surface area contributed by atoms with Crippen molar-refractivity contribution < 1.29 is 9.90 Å². The highest BCUT2D eigenvalue weighted by molar-refractivity contribution is 5.80. The lowest BCUT2D eigenvalue weighted by Crippen LogP contribution is -2.43. The molecule has 2 saturated heterocycles. The molecule has 0 radical (unpaired) electrons. The number of carbonyl (C=O) groups is 1. The fourth-order valence-electron chi connectivity index (χ4n) is 3.28. The summed E-state index contributed by atoms with van der Waals surface area (Å²) >= 11 is 0. The number of amides is 1. The van der Waals surface area contributed by atoms with Gasteiger partial charge in [-0.2, -0.15) is 0 Å². The van der Waals surface area contributed by atoms with Crippen LogP contribution in [0.15, 0.2) is 30.3 Å². The second kappa shape index (κ2) is 3.57. The Bertz CT molecular complexity index is 445. The van der Waals surface area contributed by atoms with Crippen LogP contribution < -0.4 is 0 Å². The Morgan fingerprint density at radius 1 is 1.35 bits per heavy atom. The van der Waals surface area contributed by atoms with Gasteiger partial charge in [-0.05, 0) is 5.56 Å². The highest BCUT2D eigenvalue weighted by atomic mass is 16.3. The first-order chi connectivity index (χ1) is 8.13. The van der Waals surface area contributed by atoms with Gasteiger partial charge in [0.05, 0.1) is 0 Å². The fourth-order valence-corrected chi connectivity index (χ4v) is 3.28. The van der Waals surface area contributed by atoms with Gasteiger partial charge < -0.3 is 10.0 Å². The molecule has 0 unspecified atom stereocenters. The van der Waals surface area contributed by atoms with Crippen molar-refractivity contribution in [1.29, 1.82) is 0 Å². The first-order valence-corrected chi connectivity index (χ1v) is 6.21. The maximum atomic E-state index is 11.7. The number of aliphatic hydroxyl groups is 1. The summed E-state index contributed by atoms with van der Waals surface area (Å²) in [7, 11) is 0. The van der Waals surface area contributed by atoms with Crippen molar-refractivity contribution in [2.45, 2.75) is 31.4 Å². The molecular weight excluding hydrogens is 214 g/mol. The Morgan fingerprint density at radius 3 is 2.71 bits per heavy atom. The minimum Gasteiger partial charge on any atom is -0.370 e. The second-order valence-electron chi connectivity index (χ2n) is 5.19. The van der Waals surface area contributed by atoms with Crippen molar-refractivity contribution in [2.24, 2.45) is 5.92 Å². The van der Waals surface area contributed by atoms with E-state index in [9.17, 15) is 9.90 Å². The zero-order valence-corrected chi connectivity index (χ0v) is 9.97. The molecule has 1 N–H and O–H groups in total. The third-order valence-corrected chi connectivity index (χ3v) is 4.42. The Hall–Kier alpha value is -1.35. The Morgan fingerprint density at radius 2 is 2.06 bits per heavy atom. The van der Waals surface area contributed by atoms with Crippen LogP contribution in [0.1, 0.15) is 31.2 Å². The average Bonchev–Trinajstić information content (AvgIpc) is 2.78. The predicted octanol–water partition coefficient (Wildman–Crippen LogP) is 1.73. The lowest BCUT2D eigenvalue weighted by molar-refractivity contribution is -0.142. The molecule has 2 aliphatic heterocycles. The fraction of sp³-hybridized carbons (Fsp3) is 0.500. The minimum absolute atomic E-state index is 0.0952. The van der Waals surface area contributed by atoms with Gasteiger partial charge in [0.1, 0.15) is 5.72 Å². The summed E-state index contributed by atoms with van der Waals surface area (Å²) in [5.74, 6) is 0.458. The highest BCUT2D eigenvalue weighted by Crippen LogP contribution is 2.48. The maximum Gasteiger partial charge on any atom is 0.225 e. The van der Waals surface area contributed by atoms with Crippen LogP contribution in [0.5, 0.6) is 0 Å². The van der Waals surface area contributed by atoms with Gasteiger partial charge in [-0.25, -0.2) is 0 Å². The molecule has 0 aliphatic carbocycles. The molecule has 3 rings (SSSR count).